The van der Waals surface area contributed by atoms with Crippen LogP contribution in [0.4, 0.5) is 13.2 Å². The highest BCUT2D eigenvalue weighted by Gasteiger charge is 2.37. The molecule has 0 N–H and O–H groups in total. The first-order chi connectivity index (χ1) is 14.0. The highest BCUT2D eigenvalue weighted by atomic mass is 19.2. The van der Waals surface area contributed by atoms with E-state index in [0.29, 0.717) is 25.9 Å². The molecule has 162 valence electrons. The molecule has 29 heavy (non-hydrogen) atoms. The van der Waals surface area contributed by atoms with Crippen LogP contribution < -0.4 is 4.74 Å². The summed E-state index contributed by atoms with van der Waals surface area (Å²) in [6.45, 7) is 3.42. The topological polar surface area (TPSA) is 36.9 Å². The van der Waals surface area contributed by atoms with E-state index < -0.39 is 23.8 Å². The third-order valence-electron chi connectivity index (χ3n) is 5.33. The highest BCUT2D eigenvalue weighted by molar-refractivity contribution is 5.67. The van der Waals surface area contributed by atoms with Gasteiger partial charge in [0.15, 0.2) is 17.2 Å². The smallest absolute Gasteiger partial charge is 0.271 e. The molecule has 0 bridgehead atoms. The van der Waals surface area contributed by atoms with Crippen LogP contribution in [0, 0.1) is 17.6 Å². The number of benzene rings is 1. The van der Waals surface area contributed by atoms with Crippen LogP contribution in [0.5, 0.6) is 5.75 Å². The van der Waals surface area contributed by atoms with Gasteiger partial charge in [-0.25, -0.2) is 8.78 Å². The van der Waals surface area contributed by atoms with E-state index in [1.165, 1.54) is 6.07 Å². The molecule has 0 radical (unpaired) electrons. The van der Waals surface area contributed by atoms with E-state index in [1.54, 1.807) is 13.0 Å². The minimum Gasteiger partial charge on any atom is -0.491 e. The quantitative estimate of drug-likeness (QED) is 0.571. The van der Waals surface area contributed by atoms with Crippen LogP contribution in [-0.2, 0) is 14.2 Å². The van der Waals surface area contributed by atoms with E-state index in [-0.39, 0.29) is 37.1 Å². The summed E-state index contributed by atoms with van der Waals surface area (Å²) in [5.41, 5.74) is -0.374. The van der Waals surface area contributed by atoms with Crippen molar-refractivity contribution < 1.29 is 32.1 Å². The summed E-state index contributed by atoms with van der Waals surface area (Å²) >= 11 is 0. The van der Waals surface area contributed by atoms with Gasteiger partial charge in [-0.1, -0.05) is 19.4 Å². The fourth-order valence-corrected chi connectivity index (χ4v) is 3.76. The molecular formula is C22H29F3O4. The number of allylic oxidation sites excluding steroid dienone is 2. The normalized spacial score (nSPS) is 27.6. The Kier molecular flexibility index (Phi) is 7.60. The molecule has 1 aliphatic heterocycles. The molecule has 7 heteroatoms. The third-order valence-corrected chi connectivity index (χ3v) is 5.33. The molecule has 1 saturated heterocycles. The number of halogens is 3. The van der Waals surface area contributed by atoms with E-state index in [0.717, 1.165) is 18.4 Å². The van der Waals surface area contributed by atoms with E-state index in [2.05, 4.69) is 0 Å². The Balaban J connectivity index is 1.50. The predicted molar refractivity (Wildman–Crippen MR) is 103 cm³/mol. The van der Waals surface area contributed by atoms with E-state index >= 15 is 0 Å². The van der Waals surface area contributed by atoms with Gasteiger partial charge in [0.05, 0.1) is 26.4 Å². The van der Waals surface area contributed by atoms with Gasteiger partial charge in [0.25, 0.3) is 6.48 Å². The van der Waals surface area contributed by atoms with Crippen LogP contribution in [0.25, 0.3) is 5.57 Å². The second kappa shape index (κ2) is 9.96. The predicted octanol–water partition coefficient (Wildman–Crippen LogP) is 5.40. The minimum atomic E-state index is -1.44. The lowest BCUT2D eigenvalue weighted by Crippen LogP contribution is -2.45. The molecule has 3 rings (SSSR count). The first-order valence-corrected chi connectivity index (χ1v) is 10.3. The Morgan fingerprint density at radius 2 is 1.90 bits per heavy atom. The van der Waals surface area contributed by atoms with Crippen molar-refractivity contribution in [3.05, 3.63) is 35.4 Å². The van der Waals surface area contributed by atoms with Crippen LogP contribution in [0.2, 0.25) is 0 Å². The van der Waals surface area contributed by atoms with E-state index in [1.807, 2.05) is 13.0 Å². The van der Waals surface area contributed by atoms with Gasteiger partial charge in [0, 0.05) is 5.56 Å². The van der Waals surface area contributed by atoms with Crippen LogP contribution in [0.15, 0.2) is 18.2 Å². The molecule has 0 amide bonds. The first-order valence-electron chi connectivity index (χ1n) is 10.3. The van der Waals surface area contributed by atoms with Crippen molar-refractivity contribution in [2.75, 3.05) is 26.4 Å². The molecule has 1 atom stereocenters. The average molecular weight is 414 g/mol. The third kappa shape index (κ3) is 5.53. The maximum atomic E-state index is 14.4. The molecule has 1 unspecified atom stereocenters. The number of ether oxygens (including phenoxy) is 4. The molecule has 0 spiro atoms. The van der Waals surface area contributed by atoms with Gasteiger partial charge in [-0.05, 0) is 56.2 Å². The minimum absolute atomic E-state index is 0.0250. The highest BCUT2D eigenvalue weighted by Crippen LogP contribution is 2.35. The summed E-state index contributed by atoms with van der Waals surface area (Å²) < 4.78 is 64.2. The molecule has 1 aromatic rings. The number of hydrogen-bond donors (Lipinski definition) is 0. The molecule has 1 heterocycles. The van der Waals surface area contributed by atoms with Crippen LogP contribution in [0.1, 0.15) is 51.5 Å². The van der Waals surface area contributed by atoms with Gasteiger partial charge in [0.1, 0.15) is 0 Å². The molecule has 0 saturated carbocycles. The van der Waals surface area contributed by atoms with Gasteiger partial charge in [-0.15, -0.1) is 0 Å². The van der Waals surface area contributed by atoms with Crippen LogP contribution in [0.3, 0.4) is 0 Å². The maximum Gasteiger partial charge on any atom is 0.271 e. The summed E-state index contributed by atoms with van der Waals surface area (Å²) in [7, 11) is 0. The molecule has 2 aliphatic rings. The summed E-state index contributed by atoms with van der Waals surface area (Å²) in [6.07, 6.45) is 5.12. The fourth-order valence-electron chi connectivity index (χ4n) is 3.76. The van der Waals surface area contributed by atoms with Crippen LogP contribution >= 0.6 is 0 Å². The molecular weight excluding hydrogens is 385 g/mol. The molecule has 1 fully saturated rings. The van der Waals surface area contributed by atoms with Crippen molar-refractivity contribution in [1.29, 1.82) is 0 Å². The summed E-state index contributed by atoms with van der Waals surface area (Å²) in [5, 5.41) is 0. The number of hydrogen-bond acceptors (Lipinski definition) is 4. The van der Waals surface area contributed by atoms with Crippen molar-refractivity contribution in [3.8, 4) is 5.75 Å². The zero-order valence-corrected chi connectivity index (χ0v) is 17.0. The molecule has 4 nitrogen and oxygen atoms in total. The van der Waals surface area contributed by atoms with Crippen molar-refractivity contribution >= 4 is 5.57 Å². The summed E-state index contributed by atoms with van der Waals surface area (Å²) in [5.74, 6) is -1.67. The largest absolute Gasteiger partial charge is 0.491 e. The summed E-state index contributed by atoms with van der Waals surface area (Å²) in [6, 6.07) is 3.03. The van der Waals surface area contributed by atoms with Crippen molar-refractivity contribution in [2.45, 2.75) is 58.1 Å². The zero-order valence-electron chi connectivity index (χ0n) is 17.0. The van der Waals surface area contributed by atoms with E-state index in [4.69, 9.17) is 18.9 Å². The number of rotatable bonds is 8. The van der Waals surface area contributed by atoms with Gasteiger partial charge >= 0.3 is 0 Å². The van der Waals surface area contributed by atoms with Gasteiger partial charge < -0.3 is 18.9 Å². The maximum absolute atomic E-state index is 14.4. The zero-order chi connectivity index (χ0) is 20.9. The lowest BCUT2D eigenvalue weighted by molar-refractivity contribution is -0.341. The fraction of sp³-hybridized carbons (Fsp3) is 0.636. The molecule has 1 aliphatic carbocycles. The monoisotopic (exact) mass is 414 g/mol. The van der Waals surface area contributed by atoms with Gasteiger partial charge in [-0.2, -0.15) is 4.39 Å². The van der Waals surface area contributed by atoms with E-state index in [9.17, 15) is 13.2 Å². The average Bonchev–Trinajstić information content (AvgIpc) is 2.72. The van der Waals surface area contributed by atoms with Gasteiger partial charge in [-0.3, -0.25) is 0 Å². The Hall–Kier alpha value is -1.57. The lowest BCUT2D eigenvalue weighted by Gasteiger charge is -2.34. The van der Waals surface area contributed by atoms with Gasteiger partial charge in [0.2, 0.25) is 5.82 Å². The standard InChI is InChI=1S/C22H29F3O4/c1-3-11-22(25)13-28-21(29-14-22)27-12-15-5-7-16(8-6-15)17-9-10-18(26-4-2)20(24)19(17)23/h7,9-10,15,21H,3-6,8,11-14H2,1-2H3. The number of alkyl halides is 1. The molecule has 0 aromatic heterocycles. The Morgan fingerprint density at radius 3 is 2.52 bits per heavy atom. The second-order valence-corrected chi connectivity index (χ2v) is 7.69. The van der Waals surface area contributed by atoms with Crippen molar-refractivity contribution in [3.63, 3.8) is 0 Å². The van der Waals surface area contributed by atoms with Crippen molar-refractivity contribution in [2.24, 2.45) is 5.92 Å². The Bertz CT molecular complexity index is 714. The molecule has 1 aromatic carbocycles. The van der Waals surface area contributed by atoms with Crippen LogP contribution in [-0.4, -0.2) is 38.6 Å². The second-order valence-electron chi connectivity index (χ2n) is 7.69. The summed E-state index contributed by atoms with van der Waals surface area (Å²) in [4.78, 5) is 0. The first kappa shape index (κ1) is 22.1. The van der Waals surface area contributed by atoms with Crippen molar-refractivity contribution in [1.82, 2.24) is 0 Å². The SMILES string of the molecule is CCCC1(F)COC(OCC2CC=C(c3ccc(OCC)c(F)c3F)CC2)OC1. The Labute approximate surface area is 170 Å². The Morgan fingerprint density at radius 1 is 1.14 bits per heavy atom. The lowest BCUT2D eigenvalue weighted by atomic mass is 9.87.